The van der Waals surface area contributed by atoms with Crippen molar-refractivity contribution >= 4 is 29.3 Å². The topological polar surface area (TPSA) is 46.3 Å². The summed E-state index contributed by atoms with van der Waals surface area (Å²) >= 11 is 7.52. The number of amides is 1. The zero-order chi connectivity index (χ0) is 15.2. The van der Waals surface area contributed by atoms with Gasteiger partial charge in [-0.3, -0.25) is 4.79 Å². The van der Waals surface area contributed by atoms with Crippen LogP contribution in [0.1, 0.15) is 25.3 Å². The van der Waals surface area contributed by atoms with Crippen molar-refractivity contribution in [2.45, 2.75) is 31.6 Å². The molecule has 0 saturated carbocycles. The quantitative estimate of drug-likeness (QED) is 0.904. The number of likely N-dealkylation sites (tertiary alicyclic amines) is 1. The Bertz CT molecular complexity index is 464. The Kier molecular flexibility index (Phi) is 6.40. The molecule has 1 amide bonds. The molecular formula is C16H23ClN2OS. The van der Waals surface area contributed by atoms with Gasteiger partial charge in [0, 0.05) is 29.9 Å². The van der Waals surface area contributed by atoms with E-state index >= 15 is 0 Å². The number of benzene rings is 1. The summed E-state index contributed by atoms with van der Waals surface area (Å²) in [7, 11) is 0. The molecule has 1 saturated heterocycles. The fourth-order valence-corrected chi connectivity index (χ4v) is 3.61. The Morgan fingerprint density at radius 1 is 1.48 bits per heavy atom. The third-order valence-electron chi connectivity index (χ3n) is 3.96. The molecule has 1 aliphatic rings. The van der Waals surface area contributed by atoms with Gasteiger partial charge < -0.3 is 10.6 Å². The van der Waals surface area contributed by atoms with Gasteiger partial charge in [-0.05, 0) is 43.4 Å². The van der Waals surface area contributed by atoms with Crippen molar-refractivity contribution in [2.24, 2.45) is 11.7 Å². The molecule has 2 rings (SSSR count). The number of carbonyl (C=O) groups is 1. The van der Waals surface area contributed by atoms with Crippen LogP contribution in [-0.2, 0) is 10.5 Å². The first-order valence-corrected chi connectivity index (χ1v) is 8.95. The second kappa shape index (κ2) is 8.06. The van der Waals surface area contributed by atoms with Gasteiger partial charge in [0.05, 0.1) is 5.75 Å². The molecule has 1 aromatic carbocycles. The van der Waals surface area contributed by atoms with E-state index in [0.717, 1.165) is 36.7 Å². The van der Waals surface area contributed by atoms with Crippen LogP contribution in [0, 0.1) is 5.92 Å². The highest BCUT2D eigenvalue weighted by molar-refractivity contribution is 7.99. The van der Waals surface area contributed by atoms with Crippen LogP contribution in [0.4, 0.5) is 0 Å². The lowest BCUT2D eigenvalue weighted by atomic mass is 9.92. The maximum Gasteiger partial charge on any atom is 0.232 e. The lowest BCUT2D eigenvalue weighted by Gasteiger charge is -2.34. The third kappa shape index (κ3) is 5.20. The number of halogens is 1. The smallest absolute Gasteiger partial charge is 0.232 e. The van der Waals surface area contributed by atoms with E-state index in [-0.39, 0.29) is 11.9 Å². The van der Waals surface area contributed by atoms with E-state index in [4.69, 9.17) is 17.3 Å². The van der Waals surface area contributed by atoms with Crippen LogP contribution >= 0.6 is 23.4 Å². The molecule has 0 radical (unpaired) electrons. The maximum absolute atomic E-state index is 12.3. The second-order valence-electron chi connectivity index (χ2n) is 5.72. The lowest BCUT2D eigenvalue weighted by Crippen LogP contribution is -2.45. The Morgan fingerprint density at radius 3 is 2.86 bits per heavy atom. The minimum Gasteiger partial charge on any atom is -0.342 e. The fraction of sp³-hybridized carbons (Fsp3) is 0.562. The Labute approximate surface area is 136 Å². The van der Waals surface area contributed by atoms with E-state index in [2.05, 4.69) is 0 Å². The van der Waals surface area contributed by atoms with Gasteiger partial charge in [0.25, 0.3) is 0 Å². The Morgan fingerprint density at radius 2 is 2.19 bits per heavy atom. The van der Waals surface area contributed by atoms with Crippen LogP contribution in [0.15, 0.2) is 24.3 Å². The number of hydrogen-bond acceptors (Lipinski definition) is 3. The summed E-state index contributed by atoms with van der Waals surface area (Å²) in [6.07, 6.45) is 2.21. The van der Waals surface area contributed by atoms with Crippen molar-refractivity contribution in [1.29, 1.82) is 0 Å². The van der Waals surface area contributed by atoms with Gasteiger partial charge in [0.1, 0.15) is 0 Å². The number of carbonyl (C=O) groups excluding carboxylic acids is 1. The van der Waals surface area contributed by atoms with E-state index in [9.17, 15) is 4.79 Å². The molecule has 21 heavy (non-hydrogen) atoms. The molecule has 5 heteroatoms. The number of rotatable bonds is 5. The van der Waals surface area contributed by atoms with E-state index in [1.807, 2.05) is 36.1 Å². The van der Waals surface area contributed by atoms with Gasteiger partial charge in [0.15, 0.2) is 0 Å². The predicted molar refractivity (Wildman–Crippen MR) is 90.6 cm³/mol. The van der Waals surface area contributed by atoms with Gasteiger partial charge in [0.2, 0.25) is 5.91 Å². The average molecular weight is 327 g/mol. The zero-order valence-electron chi connectivity index (χ0n) is 12.4. The van der Waals surface area contributed by atoms with Crippen molar-refractivity contribution in [3.05, 3.63) is 34.9 Å². The molecule has 0 bridgehead atoms. The molecule has 1 fully saturated rings. The van der Waals surface area contributed by atoms with Crippen molar-refractivity contribution in [3.8, 4) is 0 Å². The minimum atomic E-state index is 0.169. The Hall–Kier alpha value is -0.710. The molecule has 0 aliphatic carbocycles. The normalized spacial score (nSPS) is 20.3. The number of thioether (sulfide) groups is 1. The molecule has 2 N–H and O–H groups in total. The third-order valence-corrected chi connectivity index (χ3v) is 5.20. The standard InChI is InChI=1S/C16H23ClN2OS/c1-12(18)14-3-2-8-19(9-14)16(20)11-21-10-13-4-6-15(17)7-5-13/h4-7,12,14H,2-3,8-11,18H2,1H3. The molecule has 0 aromatic heterocycles. The van der Waals surface area contributed by atoms with Crippen molar-refractivity contribution in [3.63, 3.8) is 0 Å². The van der Waals surface area contributed by atoms with Crippen molar-refractivity contribution in [2.75, 3.05) is 18.8 Å². The first-order valence-electron chi connectivity index (χ1n) is 7.42. The Balaban J connectivity index is 1.75. The van der Waals surface area contributed by atoms with Gasteiger partial charge in [-0.1, -0.05) is 23.7 Å². The summed E-state index contributed by atoms with van der Waals surface area (Å²) in [5, 5.41) is 0.745. The van der Waals surface area contributed by atoms with Crippen LogP contribution < -0.4 is 5.73 Å². The minimum absolute atomic E-state index is 0.169. The summed E-state index contributed by atoms with van der Waals surface area (Å²) in [4.78, 5) is 14.2. The van der Waals surface area contributed by atoms with Crippen LogP contribution in [-0.4, -0.2) is 35.7 Å². The average Bonchev–Trinajstić information content (AvgIpc) is 2.49. The lowest BCUT2D eigenvalue weighted by molar-refractivity contribution is -0.130. The highest BCUT2D eigenvalue weighted by Gasteiger charge is 2.25. The largest absolute Gasteiger partial charge is 0.342 e. The predicted octanol–water partition coefficient (Wildman–Crippen LogP) is 3.16. The van der Waals surface area contributed by atoms with Crippen LogP contribution in [0.5, 0.6) is 0 Å². The molecule has 0 spiro atoms. The maximum atomic E-state index is 12.3. The highest BCUT2D eigenvalue weighted by Crippen LogP contribution is 2.21. The molecule has 2 unspecified atom stereocenters. The van der Waals surface area contributed by atoms with E-state index < -0.39 is 0 Å². The fourth-order valence-electron chi connectivity index (χ4n) is 2.59. The molecule has 116 valence electrons. The molecule has 1 heterocycles. The summed E-state index contributed by atoms with van der Waals surface area (Å²) < 4.78 is 0. The summed E-state index contributed by atoms with van der Waals surface area (Å²) in [5.41, 5.74) is 7.16. The number of hydrogen-bond donors (Lipinski definition) is 1. The molecule has 1 aliphatic heterocycles. The molecule has 1 aromatic rings. The van der Waals surface area contributed by atoms with Crippen molar-refractivity contribution in [1.82, 2.24) is 4.90 Å². The van der Waals surface area contributed by atoms with Gasteiger partial charge >= 0.3 is 0 Å². The molecular weight excluding hydrogens is 304 g/mol. The summed E-state index contributed by atoms with van der Waals surface area (Å²) in [6, 6.07) is 7.95. The van der Waals surface area contributed by atoms with Crippen LogP contribution in [0.3, 0.4) is 0 Å². The van der Waals surface area contributed by atoms with E-state index in [1.165, 1.54) is 5.56 Å². The summed E-state index contributed by atoms with van der Waals surface area (Å²) in [6.45, 7) is 3.73. The monoisotopic (exact) mass is 326 g/mol. The molecule has 3 nitrogen and oxygen atoms in total. The van der Waals surface area contributed by atoms with Gasteiger partial charge in [-0.15, -0.1) is 11.8 Å². The summed E-state index contributed by atoms with van der Waals surface area (Å²) in [5.74, 6) is 2.06. The molecule has 2 atom stereocenters. The zero-order valence-corrected chi connectivity index (χ0v) is 14.0. The first kappa shape index (κ1) is 16.7. The van der Waals surface area contributed by atoms with Crippen LogP contribution in [0.2, 0.25) is 5.02 Å². The second-order valence-corrected chi connectivity index (χ2v) is 7.14. The van der Waals surface area contributed by atoms with E-state index in [0.29, 0.717) is 11.7 Å². The first-order chi connectivity index (χ1) is 10.1. The number of nitrogens with zero attached hydrogens (tertiary/aromatic N) is 1. The van der Waals surface area contributed by atoms with Crippen LogP contribution in [0.25, 0.3) is 0 Å². The van der Waals surface area contributed by atoms with Crippen molar-refractivity contribution < 1.29 is 4.79 Å². The van der Waals surface area contributed by atoms with Gasteiger partial charge in [-0.2, -0.15) is 0 Å². The number of piperidine rings is 1. The number of nitrogens with two attached hydrogens (primary N) is 1. The van der Waals surface area contributed by atoms with E-state index in [1.54, 1.807) is 11.8 Å². The highest BCUT2D eigenvalue weighted by atomic mass is 35.5. The SMILES string of the molecule is CC(N)C1CCCN(C(=O)CSCc2ccc(Cl)cc2)C1. The van der Waals surface area contributed by atoms with Gasteiger partial charge in [-0.25, -0.2) is 0 Å².